The molecule has 1 unspecified atom stereocenters. The second kappa shape index (κ2) is 5.07. The molecule has 0 fully saturated rings. The van der Waals surface area contributed by atoms with E-state index in [1.54, 1.807) is 7.05 Å². The van der Waals surface area contributed by atoms with E-state index in [9.17, 15) is 4.79 Å². The average Bonchev–Trinajstić information content (AvgIpc) is 2.20. The van der Waals surface area contributed by atoms with Crippen LogP contribution in [0.1, 0.15) is 31.5 Å². The number of hydrogen-bond donors (Lipinski definition) is 1. The van der Waals surface area contributed by atoms with E-state index in [0.717, 1.165) is 17.7 Å². The minimum Gasteiger partial charge on any atom is -0.310 e. The molecule has 0 aliphatic heterocycles. The summed E-state index contributed by atoms with van der Waals surface area (Å²) in [5, 5.41) is 7.36. The predicted molar refractivity (Wildman–Crippen MR) is 60.8 cm³/mol. The molecule has 1 heterocycles. The van der Waals surface area contributed by atoms with Crippen LogP contribution in [0.3, 0.4) is 0 Å². The van der Waals surface area contributed by atoms with E-state index in [1.807, 2.05) is 13.0 Å². The van der Waals surface area contributed by atoms with Crippen molar-refractivity contribution in [3.63, 3.8) is 0 Å². The van der Waals surface area contributed by atoms with Crippen molar-refractivity contribution in [2.45, 2.75) is 39.8 Å². The van der Waals surface area contributed by atoms with Gasteiger partial charge in [0.1, 0.15) is 0 Å². The van der Waals surface area contributed by atoms with E-state index in [1.165, 1.54) is 4.68 Å². The largest absolute Gasteiger partial charge is 0.310 e. The van der Waals surface area contributed by atoms with Gasteiger partial charge in [0.2, 0.25) is 0 Å². The van der Waals surface area contributed by atoms with Crippen LogP contribution >= 0.6 is 0 Å². The van der Waals surface area contributed by atoms with E-state index < -0.39 is 0 Å². The molecule has 0 radical (unpaired) electrons. The van der Waals surface area contributed by atoms with Crippen molar-refractivity contribution >= 4 is 0 Å². The monoisotopic (exact) mass is 209 g/mol. The van der Waals surface area contributed by atoms with E-state index in [0.29, 0.717) is 12.6 Å². The maximum atomic E-state index is 11.7. The quantitative estimate of drug-likeness (QED) is 0.804. The smallest absolute Gasteiger partial charge is 0.270 e. The van der Waals surface area contributed by atoms with Gasteiger partial charge < -0.3 is 5.32 Å². The van der Waals surface area contributed by atoms with Gasteiger partial charge in [0.15, 0.2) is 0 Å². The van der Waals surface area contributed by atoms with Gasteiger partial charge >= 0.3 is 0 Å². The Morgan fingerprint density at radius 1 is 1.60 bits per heavy atom. The third-order valence-electron chi connectivity index (χ3n) is 2.51. The maximum Gasteiger partial charge on any atom is 0.270 e. The van der Waals surface area contributed by atoms with Gasteiger partial charge in [-0.15, -0.1) is 0 Å². The Kier molecular flexibility index (Phi) is 4.03. The summed E-state index contributed by atoms with van der Waals surface area (Å²) in [6.07, 6.45) is 1.06. The predicted octanol–water partition coefficient (Wildman–Crippen LogP) is 0.977. The lowest BCUT2D eigenvalue weighted by molar-refractivity contribution is 0.527. The molecule has 0 aliphatic rings. The van der Waals surface area contributed by atoms with Crippen molar-refractivity contribution in [2.24, 2.45) is 7.05 Å². The molecule has 1 aromatic heterocycles. The molecular weight excluding hydrogens is 190 g/mol. The molecule has 1 N–H and O–H groups in total. The summed E-state index contributed by atoms with van der Waals surface area (Å²) in [4.78, 5) is 11.7. The van der Waals surface area contributed by atoms with Gasteiger partial charge in [0.05, 0.1) is 5.69 Å². The van der Waals surface area contributed by atoms with Gasteiger partial charge in [0, 0.05) is 25.2 Å². The molecule has 1 atom stereocenters. The van der Waals surface area contributed by atoms with E-state index >= 15 is 0 Å². The Balaban J connectivity index is 2.81. The molecule has 0 aliphatic carbocycles. The third-order valence-corrected chi connectivity index (χ3v) is 2.51. The van der Waals surface area contributed by atoms with Crippen molar-refractivity contribution < 1.29 is 0 Å². The van der Waals surface area contributed by atoms with Gasteiger partial charge in [-0.1, -0.05) is 6.92 Å². The van der Waals surface area contributed by atoms with Crippen LogP contribution in [0.4, 0.5) is 0 Å². The summed E-state index contributed by atoms with van der Waals surface area (Å²) in [6, 6.07) is 2.28. The molecule has 15 heavy (non-hydrogen) atoms. The van der Waals surface area contributed by atoms with Crippen molar-refractivity contribution in [3.05, 3.63) is 27.7 Å². The SMILES string of the molecule is CCC(C)NCc1cc(C)nn(C)c1=O. The first-order chi connectivity index (χ1) is 7.04. The zero-order valence-corrected chi connectivity index (χ0v) is 9.87. The standard InChI is InChI=1S/C11H19N3O/c1-5-8(2)12-7-10-6-9(3)13-14(4)11(10)15/h6,8,12H,5,7H2,1-4H3. The molecule has 0 amide bonds. The number of hydrogen-bond acceptors (Lipinski definition) is 3. The first kappa shape index (κ1) is 11.9. The van der Waals surface area contributed by atoms with Crippen LogP contribution in [0.2, 0.25) is 0 Å². The maximum absolute atomic E-state index is 11.7. The molecule has 0 spiro atoms. The van der Waals surface area contributed by atoms with E-state index in [4.69, 9.17) is 0 Å². The van der Waals surface area contributed by atoms with Crippen LogP contribution in [0.15, 0.2) is 10.9 Å². The molecule has 4 nitrogen and oxygen atoms in total. The Morgan fingerprint density at radius 3 is 2.87 bits per heavy atom. The van der Waals surface area contributed by atoms with Crippen molar-refractivity contribution in [1.29, 1.82) is 0 Å². The Hall–Kier alpha value is -1.16. The summed E-state index contributed by atoms with van der Waals surface area (Å²) in [5.74, 6) is 0. The Morgan fingerprint density at radius 2 is 2.27 bits per heavy atom. The molecule has 1 aromatic rings. The first-order valence-corrected chi connectivity index (χ1v) is 5.31. The van der Waals surface area contributed by atoms with Crippen LogP contribution < -0.4 is 10.9 Å². The Labute approximate surface area is 90.3 Å². The summed E-state index contributed by atoms with van der Waals surface area (Å²) in [7, 11) is 1.68. The second-order valence-corrected chi connectivity index (χ2v) is 3.93. The van der Waals surface area contributed by atoms with Gasteiger partial charge in [-0.2, -0.15) is 5.10 Å². The first-order valence-electron chi connectivity index (χ1n) is 5.31. The second-order valence-electron chi connectivity index (χ2n) is 3.93. The van der Waals surface area contributed by atoms with E-state index in [2.05, 4.69) is 24.3 Å². The molecule has 84 valence electrons. The van der Waals surface area contributed by atoms with Crippen LogP contribution in [0, 0.1) is 6.92 Å². The third kappa shape index (κ3) is 3.16. The number of nitrogens with one attached hydrogen (secondary N) is 1. The number of aromatic nitrogens is 2. The number of nitrogens with zero attached hydrogens (tertiary/aromatic N) is 2. The number of aryl methyl sites for hydroxylation is 2. The molecule has 4 heteroatoms. The van der Waals surface area contributed by atoms with Gasteiger partial charge in [-0.25, -0.2) is 4.68 Å². The normalized spacial score (nSPS) is 12.8. The molecular formula is C11H19N3O. The fourth-order valence-electron chi connectivity index (χ4n) is 1.39. The fourth-order valence-corrected chi connectivity index (χ4v) is 1.39. The van der Waals surface area contributed by atoms with Crippen molar-refractivity contribution in [1.82, 2.24) is 15.1 Å². The van der Waals surface area contributed by atoms with Crippen molar-refractivity contribution in [3.8, 4) is 0 Å². The van der Waals surface area contributed by atoms with Crippen LogP contribution in [0.25, 0.3) is 0 Å². The topological polar surface area (TPSA) is 46.9 Å². The highest BCUT2D eigenvalue weighted by atomic mass is 16.1. The van der Waals surface area contributed by atoms with Crippen LogP contribution in [-0.4, -0.2) is 15.8 Å². The van der Waals surface area contributed by atoms with E-state index in [-0.39, 0.29) is 5.56 Å². The highest BCUT2D eigenvalue weighted by molar-refractivity contribution is 5.12. The summed E-state index contributed by atoms with van der Waals surface area (Å²) in [6.45, 7) is 6.74. The summed E-state index contributed by atoms with van der Waals surface area (Å²) in [5.41, 5.74) is 1.64. The van der Waals surface area contributed by atoms with Gasteiger partial charge in [-0.05, 0) is 26.3 Å². The van der Waals surface area contributed by atoms with Crippen LogP contribution in [-0.2, 0) is 13.6 Å². The van der Waals surface area contributed by atoms with Gasteiger partial charge in [-0.3, -0.25) is 4.79 Å². The fraction of sp³-hybridized carbons (Fsp3) is 0.636. The highest BCUT2D eigenvalue weighted by Gasteiger charge is 2.05. The molecule has 0 bridgehead atoms. The Bertz CT molecular complexity index is 384. The zero-order valence-electron chi connectivity index (χ0n) is 9.87. The molecule has 1 rings (SSSR count). The lowest BCUT2D eigenvalue weighted by Gasteiger charge is -2.11. The summed E-state index contributed by atoms with van der Waals surface area (Å²) >= 11 is 0. The molecule has 0 saturated heterocycles. The van der Waals surface area contributed by atoms with Crippen molar-refractivity contribution in [2.75, 3.05) is 0 Å². The van der Waals surface area contributed by atoms with Crippen LogP contribution in [0.5, 0.6) is 0 Å². The minimum absolute atomic E-state index is 0.0172. The lowest BCUT2D eigenvalue weighted by atomic mass is 10.2. The lowest BCUT2D eigenvalue weighted by Crippen LogP contribution is -2.31. The average molecular weight is 209 g/mol. The molecule has 0 aromatic carbocycles. The summed E-state index contributed by atoms with van der Waals surface area (Å²) < 4.78 is 1.39. The highest BCUT2D eigenvalue weighted by Crippen LogP contribution is 1.96. The molecule has 0 saturated carbocycles. The minimum atomic E-state index is -0.0172. The zero-order chi connectivity index (χ0) is 11.4. The van der Waals surface area contributed by atoms with Gasteiger partial charge in [0.25, 0.3) is 5.56 Å². The number of rotatable bonds is 4.